The molecule has 4 N–H and O–H groups in total. The summed E-state index contributed by atoms with van der Waals surface area (Å²) in [6.45, 7) is 8.81. The number of amides is 1. The van der Waals surface area contributed by atoms with E-state index < -0.39 is 11.9 Å². The summed E-state index contributed by atoms with van der Waals surface area (Å²) < 4.78 is 15.2. The van der Waals surface area contributed by atoms with Gasteiger partial charge < -0.3 is 30.2 Å². The van der Waals surface area contributed by atoms with Crippen molar-refractivity contribution in [2.45, 2.75) is 32.4 Å². The van der Waals surface area contributed by atoms with Crippen LogP contribution in [0.3, 0.4) is 0 Å². The number of piperazine rings is 1. The molecule has 2 aromatic heterocycles. The van der Waals surface area contributed by atoms with E-state index in [-0.39, 0.29) is 45.6 Å². The number of aryl methyl sites for hydroxylation is 1. The molecule has 2 aliphatic rings. The van der Waals surface area contributed by atoms with E-state index in [1.54, 1.807) is 24.1 Å². The lowest BCUT2D eigenvalue weighted by Gasteiger charge is -2.45. The Kier molecular flexibility index (Phi) is 8.07. The number of aliphatic hydroxyl groups excluding tert-OH is 1. The normalized spacial score (nSPS) is 17.6. The van der Waals surface area contributed by atoms with E-state index in [9.17, 15) is 20.4 Å². The van der Waals surface area contributed by atoms with Gasteiger partial charge >= 0.3 is 0 Å². The van der Waals surface area contributed by atoms with Gasteiger partial charge in [-0.25, -0.2) is 9.37 Å². The molecule has 0 saturated carbocycles. The first-order chi connectivity index (χ1) is 20.0. The van der Waals surface area contributed by atoms with Gasteiger partial charge in [0.2, 0.25) is 5.91 Å². The predicted octanol–water partition coefficient (Wildman–Crippen LogP) is 4.61. The topological polar surface area (TPSA) is 129 Å². The Morgan fingerprint density at radius 1 is 1.29 bits per heavy atom. The minimum Gasteiger partial charge on any atom is -0.507 e. The van der Waals surface area contributed by atoms with Crippen LogP contribution in [-0.4, -0.2) is 81.0 Å². The van der Waals surface area contributed by atoms with Crippen molar-refractivity contribution >= 4 is 40.5 Å². The van der Waals surface area contributed by atoms with Gasteiger partial charge in [-0.3, -0.25) is 15.2 Å². The van der Waals surface area contributed by atoms with E-state index >= 15 is 4.39 Å². The highest BCUT2D eigenvalue weighted by Crippen LogP contribution is 2.45. The number of aromatic nitrogens is 2. The first kappa shape index (κ1) is 29.3. The Bertz CT molecular complexity index is 1560. The highest BCUT2D eigenvalue weighted by atomic mass is 35.5. The first-order valence-electron chi connectivity index (χ1n) is 13.6. The number of carbonyl (C=O) groups is 1. The number of hydrogen-bond donors (Lipinski definition) is 4. The van der Waals surface area contributed by atoms with Gasteiger partial charge in [-0.1, -0.05) is 24.2 Å². The van der Waals surface area contributed by atoms with Crippen LogP contribution in [0.5, 0.6) is 5.75 Å². The quantitative estimate of drug-likeness (QED) is 0.316. The third-order valence-electron chi connectivity index (χ3n) is 7.84. The molecule has 0 bridgehead atoms. The van der Waals surface area contributed by atoms with Gasteiger partial charge in [-0.05, 0) is 50.1 Å². The molecular formula is C30H33ClFN7O3. The summed E-state index contributed by atoms with van der Waals surface area (Å²) in [5, 5.41) is 34.0. The summed E-state index contributed by atoms with van der Waals surface area (Å²) >= 11 is 7.00. The third kappa shape index (κ3) is 5.14. The molecule has 1 aromatic carbocycles. The van der Waals surface area contributed by atoms with Crippen LogP contribution in [-0.2, 0) is 4.79 Å². The van der Waals surface area contributed by atoms with Crippen LogP contribution in [0.25, 0.3) is 11.3 Å². The summed E-state index contributed by atoms with van der Waals surface area (Å²) in [4.78, 5) is 27.0. The smallest absolute Gasteiger partial charge is 0.246 e. The Hall–Kier alpha value is -4.22. The van der Waals surface area contributed by atoms with Crippen LogP contribution in [0, 0.1) is 18.2 Å². The zero-order valence-corrected chi connectivity index (χ0v) is 24.4. The molecule has 0 radical (unpaired) electrons. The van der Waals surface area contributed by atoms with Crippen LogP contribution >= 0.6 is 11.6 Å². The Morgan fingerprint density at radius 2 is 2.05 bits per heavy atom. The molecule has 1 saturated heterocycles. The van der Waals surface area contributed by atoms with Gasteiger partial charge in [-0.2, -0.15) is 0 Å². The average molecular weight is 594 g/mol. The third-order valence-corrected chi connectivity index (χ3v) is 8.20. The summed E-state index contributed by atoms with van der Waals surface area (Å²) in [5.41, 5.74) is 2.28. The summed E-state index contributed by atoms with van der Waals surface area (Å²) in [7, 11) is 1.83. The standard InChI is InChI=1S/C30H33ClFN7O3/c1-5-21(42)38-13-14-39-18(15-38)10-12-37(4)28-23(29(39)33)30(35-25-16(2)9-11-34-26(25)17(3)40)36-27(24(28)31)22-19(32)7-6-8-20(22)41/h5-9,11,17-18,33,40-41H,1,10,12-15H2,2-4H3,(H,35,36). The second-order valence-corrected chi connectivity index (χ2v) is 10.9. The molecule has 2 atom stereocenters. The van der Waals surface area contributed by atoms with Crippen molar-refractivity contribution in [1.29, 1.82) is 5.41 Å². The van der Waals surface area contributed by atoms with Gasteiger partial charge in [0, 0.05) is 45.5 Å². The van der Waals surface area contributed by atoms with Gasteiger partial charge in [0.05, 0.1) is 39.3 Å². The molecule has 5 rings (SSSR count). The number of aromatic hydroxyl groups is 1. The largest absolute Gasteiger partial charge is 0.507 e. The fourth-order valence-electron chi connectivity index (χ4n) is 5.64. The molecule has 0 aliphatic carbocycles. The van der Waals surface area contributed by atoms with E-state index in [0.29, 0.717) is 55.2 Å². The minimum absolute atomic E-state index is 0.00632. The van der Waals surface area contributed by atoms with Crippen LogP contribution in [0.2, 0.25) is 5.02 Å². The molecule has 12 heteroatoms. The van der Waals surface area contributed by atoms with Gasteiger partial charge in [0.15, 0.2) is 0 Å². The average Bonchev–Trinajstić information content (AvgIpc) is 2.96. The van der Waals surface area contributed by atoms with Gasteiger partial charge in [0.1, 0.15) is 28.9 Å². The first-order valence-corrected chi connectivity index (χ1v) is 14.0. The number of anilines is 3. The van der Waals surface area contributed by atoms with Crippen LogP contribution in [0.1, 0.15) is 36.3 Å². The fraction of sp³-hybridized carbons (Fsp3) is 0.333. The van der Waals surface area contributed by atoms with Crippen molar-refractivity contribution in [3.05, 3.63) is 70.8 Å². The highest BCUT2D eigenvalue weighted by Gasteiger charge is 2.37. The monoisotopic (exact) mass is 593 g/mol. The zero-order chi connectivity index (χ0) is 30.3. The number of aliphatic hydroxyl groups is 1. The fourth-order valence-corrected chi connectivity index (χ4v) is 6.01. The number of rotatable bonds is 5. The van der Waals surface area contributed by atoms with Gasteiger partial charge in [0.25, 0.3) is 0 Å². The maximum atomic E-state index is 15.2. The van der Waals surface area contributed by atoms with Crippen LogP contribution < -0.4 is 10.2 Å². The number of benzene rings is 1. The number of nitrogens with one attached hydrogen (secondary N) is 2. The molecule has 2 aliphatic heterocycles. The maximum absolute atomic E-state index is 15.2. The number of pyridine rings is 2. The van der Waals surface area contributed by atoms with Crippen molar-refractivity contribution in [3.8, 4) is 17.0 Å². The second-order valence-electron chi connectivity index (χ2n) is 10.6. The molecule has 220 valence electrons. The van der Waals surface area contributed by atoms with Crippen molar-refractivity contribution in [2.75, 3.05) is 43.4 Å². The van der Waals surface area contributed by atoms with Crippen molar-refractivity contribution < 1.29 is 19.4 Å². The lowest BCUT2D eigenvalue weighted by atomic mass is 9.99. The number of nitrogens with zero attached hydrogens (tertiary/aromatic N) is 5. The molecule has 0 spiro atoms. The molecule has 2 unspecified atom stereocenters. The Labute approximate surface area is 248 Å². The molecule has 3 aromatic rings. The van der Waals surface area contributed by atoms with E-state index in [2.05, 4.69) is 16.9 Å². The molecule has 1 fully saturated rings. The minimum atomic E-state index is -0.918. The van der Waals surface area contributed by atoms with Crippen molar-refractivity contribution in [3.63, 3.8) is 0 Å². The highest BCUT2D eigenvalue weighted by molar-refractivity contribution is 6.37. The predicted molar refractivity (Wildman–Crippen MR) is 161 cm³/mol. The molecule has 1 amide bonds. The SMILES string of the molecule is C=CC(=O)N1CCN2C(=N)c3c(Nc4c(C)ccnc4C(C)O)nc(-c4c(O)cccc4F)c(Cl)c3N(C)CCC2C1. The number of amidine groups is 1. The number of phenols is 1. The van der Waals surface area contributed by atoms with Gasteiger partial charge in [-0.15, -0.1) is 0 Å². The lowest BCUT2D eigenvalue weighted by molar-refractivity contribution is -0.128. The molecular weight excluding hydrogens is 561 g/mol. The number of carbonyl (C=O) groups excluding carboxylic acids is 1. The lowest BCUT2D eigenvalue weighted by Crippen LogP contribution is -2.57. The van der Waals surface area contributed by atoms with Crippen molar-refractivity contribution in [2.24, 2.45) is 0 Å². The number of fused-ring (bicyclic) bond motifs is 2. The van der Waals surface area contributed by atoms with Crippen LogP contribution in [0.4, 0.5) is 21.6 Å². The van der Waals surface area contributed by atoms with E-state index in [1.807, 2.05) is 23.8 Å². The van der Waals surface area contributed by atoms with E-state index in [1.165, 1.54) is 24.3 Å². The number of hydrogen-bond acceptors (Lipinski definition) is 8. The van der Waals surface area contributed by atoms with Crippen molar-refractivity contribution in [1.82, 2.24) is 19.8 Å². The summed E-state index contributed by atoms with van der Waals surface area (Å²) in [5.74, 6) is -0.870. The summed E-state index contributed by atoms with van der Waals surface area (Å²) in [6.07, 6.45) is 2.59. The molecule has 4 heterocycles. The number of halogens is 2. The second kappa shape index (κ2) is 11.6. The van der Waals surface area contributed by atoms with E-state index in [4.69, 9.17) is 16.6 Å². The van der Waals surface area contributed by atoms with E-state index in [0.717, 1.165) is 5.56 Å². The zero-order valence-electron chi connectivity index (χ0n) is 23.7. The Morgan fingerprint density at radius 3 is 2.74 bits per heavy atom. The Balaban J connectivity index is 1.74. The number of phenolic OH excluding ortho intramolecular Hbond substituents is 1. The molecule has 10 nitrogen and oxygen atoms in total. The molecule has 42 heavy (non-hydrogen) atoms. The van der Waals surface area contributed by atoms with Crippen LogP contribution in [0.15, 0.2) is 43.1 Å². The summed E-state index contributed by atoms with van der Waals surface area (Å²) in [6, 6.07) is 5.59. The maximum Gasteiger partial charge on any atom is 0.246 e.